The first-order chi connectivity index (χ1) is 27.3. The summed E-state index contributed by atoms with van der Waals surface area (Å²) in [6.07, 6.45) is 0. The molecule has 0 atom stereocenters. The normalized spacial score (nSPS) is 12.9. The first-order valence-corrected chi connectivity index (χ1v) is 19.0. The fraction of sp³-hybridized carbons (Fsp3) is 0.0185. The topological polar surface area (TPSA) is 12.9 Å². The lowest BCUT2D eigenvalue weighted by Crippen LogP contribution is -2.25. The highest BCUT2D eigenvalue weighted by Gasteiger charge is 2.51. The first-order valence-electron chi connectivity index (χ1n) is 19.0. The van der Waals surface area contributed by atoms with E-state index >= 15 is 0 Å². The van der Waals surface area contributed by atoms with Crippen LogP contribution in [0.3, 0.4) is 0 Å². The van der Waals surface area contributed by atoms with E-state index in [1.54, 1.807) is 0 Å². The zero-order chi connectivity index (χ0) is 36.3. The van der Waals surface area contributed by atoms with Crippen LogP contribution in [0.1, 0.15) is 22.3 Å². The molecule has 0 aliphatic heterocycles. The Bertz CT molecular complexity index is 2800. The SMILES string of the molecule is c1ccc(-c2cc(-c3cccc(-c4ccc(-c5ccc6c(c5)-c5ccccc5C65c6ccccc6-c6ccccc65)cc4)c3)cc(-c3ccccc3)n2)cc1. The van der Waals surface area contributed by atoms with Gasteiger partial charge in [0.1, 0.15) is 0 Å². The molecule has 0 saturated heterocycles. The Hall–Kier alpha value is -7.09. The van der Waals surface area contributed by atoms with Gasteiger partial charge in [-0.1, -0.05) is 188 Å². The Kier molecular flexibility index (Phi) is 7.15. The number of hydrogen-bond donors (Lipinski definition) is 0. The quantitative estimate of drug-likeness (QED) is 0.174. The molecule has 1 nitrogen and oxygen atoms in total. The monoisotopic (exact) mass is 697 g/mol. The molecule has 256 valence electrons. The molecule has 1 spiro atoms. The molecule has 9 aromatic rings. The second kappa shape index (κ2) is 12.5. The molecular weight excluding hydrogens is 663 g/mol. The molecule has 0 radical (unpaired) electrons. The van der Waals surface area contributed by atoms with Crippen molar-refractivity contribution in [3.05, 3.63) is 235 Å². The maximum Gasteiger partial charge on any atom is 0.0725 e. The number of aromatic nitrogens is 1. The van der Waals surface area contributed by atoms with Crippen molar-refractivity contribution in [2.75, 3.05) is 0 Å². The average molecular weight is 698 g/mol. The van der Waals surface area contributed by atoms with Crippen molar-refractivity contribution < 1.29 is 0 Å². The van der Waals surface area contributed by atoms with Crippen LogP contribution >= 0.6 is 0 Å². The minimum Gasteiger partial charge on any atom is -0.248 e. The average Bonchev–Trinajstić information content (AvgIpc) is 3.74. The lowest BCUT2D eigenvalue weighted by molar-refractivity contribution is 0.794. The molecule has 1 heteroatoms. The predicted octanol–water partition coefficient (Wildman–Crippen LogP) is 13.8. The summed E-state index contributed by atoms with van der Waals surface area (Å²) < 4.78 is 0. The third-order valence-electron chi connectivity index (χ3n) is 11.7. The van der Waals surface area contributed by atoms with Crippen molar-refractivity contribution in [3.63, 3.8) is 0 Å². The molecule has 1 aromatic heterocycles. The van der Waals surface area contributed by atoms with Gasteiger partial charge in [0.25, 0.3) is 0 Å². The van der Waals surface area contributed by atoms with E-state index in [4.69, 9.17) is 4.98 Å². The molecule has 0 unspecified atom stereocenters. The highest BCUT2D eigenvalue weighted by Crippen LogP contribution is 2.62. The van der Waals surface area contributed by atoms with Gasteiger partial charge < -0.3 is 0 Å². The van der Waals surface area contributed by atoms with Crippen LogP contribution in [-0.4, -0.2) is 4.98 Å². The number of pyridine rings is 1. The van der Waals surface area contributed by atoms with Gasteiger partial charge in [-0.15, -0.1) is 0 Å². The van der Waals surface area contributed by atoms with Crippen LogP contribution in [0.25, 0.3) is 78.1 Å². The molecule has 55 heavy (non-hydrogen) atoms. The zero-order valence-corrected chi connectivity index (χ0v) is 30.2. The van der Waals surface area contributed by atoms with Gasteiger partial charge in [-0.05, 0) is 102 Å². The van der Waals surface area contributed by atoms with Gasteiger partial charge in [-0.3, -0.25) is 0 Å². The van der Waals surface area contributed by atoms with Crippen LogP contribution in [0.15, 0.2) is 212 Å². The maximum absolute atomic E-state index is 5.09. The molecule has 2 aliphatic carbocycles. The number of benzene rings is 8. The van der Waals surface area contributed by atoms with Crippen molar-refractivity contribution in [2.45, 2.75) is 5.41 Å². The van der Waals surface area contributed by atoms with Gasteiger partial charge in [0.15, 0.2) is 0 Å². The second-order valence-electron chi connectivity index (χ2n) is 14.7. The highest BCUT2D eigenvalue weighted by molar-refractivity contribution is 5.96. The summed E-state index contributed by atoms with van der Waals surface area (Å²) in [4.78, 5) is 5.09. The molecule has 0 N–H and O–H groups in total. The molecule has 0 amide bonds. The van der Waals surface area contributed by atoms with Crippen LogP contribution in [0.4, 0.5) is 0 Å². The van der Waals surface area contributed by atoms with E-state index in [-0.39, 0.29) is 5.41 Å². The van der Waals surface area contributed by atoms with E-state index in [1.165, 1.54) is 72.3 Å². The summed E-state index contributed by atoms with van der Waals surface area (Å²) in [6, 6.07) is 77.4. The van der Waals surface area contributed by atoms with Gasteiger partial charge in [0, 0.05) is 11.1 Å². The van der Waals surface area contributed by atoms with E-state index in [2.05, 4.69) is 200 Å². The molecule has 0 saturated carbocycles. The van der Waals surface area contributed by atoms with E-state index < -0.39 is 0 Å². The summed E-state index contributed by atoms with van der Waals surface area (Å²) in [6.45, 7) is 0. The van der Waals surface area contributed by atoms with Crippen LogP contribution < -0.4 is 0 Å². The van der Waals surface area contributed by atoms with Gasteiger partial charge in [0.2, 0.25) is 0 Å². The standard InChI is InChI=1S/C54H35N/c1-3-14-38(15-4-1)52-34-43(35-53(55-52)39-16-5-2-6-17-39)41-19-13-18-40(32-41)36-26-28-37(29-27-36)42-30-31-51-47(33-42)46-22-9-12-25-50(46)54(51)48-23-10-7-20-44(48)45-21-8-11-24-49(45)54/h1-35H. The third-order valence-corrected chi connectivity index (χ3v) is 11.7. The van der Waals surface area contributed by atoms with Gasteiger partial charge in [-0.2, -0.15) is 0 Å². The Morgan fingerprint density at radius 1 is 0.236 bits per heavy atom. The molecular formula is C54H35N. The van der Waals surface area contributed by atoms with Crippen molar-refractivity contribution in [1.82, 2.24) is 4.98 Å². The second-order valence-corrected chi connectivity index (χ2v) is 14.7. The third kappa shape index (κ3) is 4.90. The predicted molar refractivity (Wildman–Crippen MR) is 228 cm³/mol. The van der Waals surface area contributed by atoms with Gasteiger partial charge in [0.05, 0.1) is 16.8 Å². The van der Waals surface area contributed by atoms with Crippen LogP contribution in [0.5, 0.6) is 0 Å². The molecule has 1 heterocycles. The summed E-state index contributed by atoms with van der Waals surface area (Å²) in [5, 5.41) is 0. The Labute approximate surface area is 321 Å². The summed E-state index contributed by atoms with van der Waals surface area (Å²) in [7, 11) is 0. The van der Waals surface area contributed by atoms with Crippen molar-refractivity contribution in [1.29, 1.82) is 0 Å². The van der Waals surface area contributed by atoms with Crippen LogP contribution in [-0.2, 0) is 5.41 Å². The number of fused-ring (bicyclic) bond motifs is 10. The van der Waals surface area contributed by atoms with Crippen molar-refractivity contribution in [2.24, 2.45) is 0 Å². The summed E-state index contributed by atoms with van der Waals surface area (Å²) in [5.74, 6) is 0. The minimum absolute atomic E-state index is 0.314. The van der Waals surface area contributed by atoms with Crippen LogP contribution in [0, 0.1) is 0 Å². The zero-order valence-electron chi connectivity index (χ0n) is 30.2. The molecule has 8 aromatic carbocycles. The van der Waals surface area contributed by atoms with Gasteiger partial charge >= 0.3 is 0 Å². The lowest BCUT2D eigenvalue weighted by Gasteiger charge is -2.30. The van der Waals surface area contributed by atoms with E-state index in [0.717, 1.165) is 28.1 Å². The summed E-state index contributed by atoms with van der Waals surface area (Å²) >= 11 is 0. The fourth-order valence-corrected chi connectivity index (χ4v) is 9.22. The smallest absolute Gasteiger partial charge is 0.0725 e. The number of rotatable bonds is 5. The maximum atomic E-state index is 5.09. The van der Waals surface area contributed by atoms with Crippen LogP contribution in [0.2, 0.25) is 0 Å². The molecule has 0 fully saturated rings. The molecule has 0 bridgehead atoms. The van der Waals surface area contributed by atoms with E-state index in [1.807, 2.05) is 12.1 Å². The lowest BCUT2D eigenvalue weighted by atomic mass is 9.70. The number of hydrogen-bond acceptors (Lipinski definition) is 1. The van der Waals surface area contributed by atoms with Crippen molar-refractivity contribution in [3.8, 4) is 78.1 Å². The molecule has 2 aliphatic rings. The first kappa shape index (κ1) is 31.4. The largest absolute Gasteiger partial charge is 0.248 e. The minimum atomic E-state index is -0.314. The summed E-state index contributed by atoms with van der Waals surface area (Å²) in [5.41, 5.74) is 21.8. The van der Waals surface area contributed by atoms with Crippen molar-refractivity contribution >= 4 is 0 Å². The molecule has 11 rings (SSSR count). The highest BCUT2D eigenvalue weighted by atomic mass is 14.7. The fourth-order valence-electron chi connectivity index (χ4n) is 9.22. The van der Waals surface area contributed by atoms with E-state index in [9.17, 15) is 0 Å². The Balaban J connectivity index is 0.966. The van der Waals surface area contributed by atoms with E-state index in [0.29, 0.717) is 0 Å². The van der Waals surface area contributed by atoms with Gasteiger partial charge in [-0.25, -0.2) is 4.98 Å². The Morgan fingerprint density at radius 2 is 0.618 bits per heavy atom. The Morgan fingerprint density at radius 3 is 1.15 bits per heavy atom. The number of nitrogens with zero attached hydrogens (tertiary/aromatic N) is 1.